The first kappa shape index (κ1) is 34.4. The Morgan fingerprint density at radius 2 is 1.63 bits per heavy atom. The minimum absolute atomic E-state index is 0.0554. The van der Waals surface area contributed by atoms with Crippen molar-refractivity contribution in [3.8, 4) is 28.5 Å². The smallest absolute Gasteiger partial charge is 0.266 e. The van der Waals surface area contributed by atoms with E-state index >= 15 is 0 Å². The molecule has 3 heterocycles. The molecule has 4 amide bonds. The van der Waals surface area contributed by atoms with Crippen LogP contribution in [0.1, 0.15) is 36.7 Å². The molecule has 0 unspecified atom stereocenters. The van der Waals surface area contributed by atoms with E-state index in [1.54, 1.807) is 44.2 Å². The largest absolute Gasteiger partial charge is 0.507 e. The fourth-order valence-electron chi connectivity index (χ4n) is 5.23. The van der Waals surface area contributed by atoms with Gasteiger partial charge in [-0.25, -0.2) is 4.68 Å². The van der Waals surface area contributed by atoms with Crippen molar-refractivity contribution in [1.29, 1.82) is 0 Å². The van der Waals surface area contributed by atoms with Crippen molar-refractivity contribution in [1.82, 2.24) is 31.0 Å². The summed E-state index contributed by atoms with van der Waals surface area (Å²) in [6.07, 6.45) is 0.105. The topological polar surface area (TPSA) is 181 Å². The highest BCUT2D eigenvalue weighted by molar-refractivity contribution is 6.00. The first-order valence-corrected chi connectivity index (χ1v) is 15.9. The fraction of sp³-hybridized carbons (Fsp3) is 0.278. The van der Waals surface area contributed by atoms with Crippen LogP contribution in [0.4, 0.5) is 0 Å². The number of carbonyl (C=O) groups excluding carboxylic acids is 4. The molecule has 0 aliphatic carbocycles. The maximum Gasteiger partial charge on any atom is 0.266 e. The van der Waals surface area contributed by atoms with Gasteiger partial charge in [-0.3, -0.25) is 24.0 Å². The van der Waals surface area contributed by atoms with E-state index in [2.05, 4.69) is 26.4 Å². The van der Waals surface area contributed by atoms with E-state index in [0.717, 1.165) is 5.56 Å². The number of hydrogen-bond acceptors (Lipinski definition) is 8. The van der Waals surface area contributed by atoms with Crippen LogP contribution in [-0.2, 0) is 27.3 Å². The van der Waals surface area contributed by atoms with Gasteiger partial charge in [-0.1, -0.05) is 56.3 Å². The summed E-state index contributed by atoms with van der Waals surface area (Å²) in [7, 11) is 0. The lowest BCUT2D eigenvalue weighted by Gasteiger charge is -2.25. The number of ether oxygens (including phenoxy) is 1. The van der Waals surface area contributed by atoms with E-state index < -0.39 is 41.8 Å². The highest BCUT2D eigenvalue weighted by Gasteiger charge is 2.30. The number of aromatic hydroxyl groups is 1. The minimum atomic E-state index is -1.07. The molecule has 4 bridgehead atoms. The van der Waals surface area contributed by atoms with Crippen LogP contribution in [0.2, 0.25) is 0 Å². The maximum absolute atomic E-state index is 13.5. The Hall–Kier alpha value is -5.98. The zero-order valence-corrected chi connectivity index (χ0v) is 27.3. The van der Waals surface area contributed by atoms with Crippen molar-refractivity contribution in [3.63, 3.8) is 0 Å². The lowest BCUT2D eigenvalue weighted by atomic mass is 10.0. The number of aromatic nitrogens is 2. The summed E-state index contributed by atoms with van der Waals surface area (Å²) < 4.78 is 7.18. The van der Waals surface area contributed by atoms with Gasteiger partial charge >= 0.3 is 0 Å². The van der Waals surface area contributed by atoms with Gasteiger partial charge in [-0.2, -0.15) is 5.10 Å². The number of nitrogens with one attached hydrogen (secondary N) is 4. The quantitative estimate of drug-likeness (QED) is 0.195. The SMILES string of the molecule is CC(C)[C@@H]1NC(=O)c2cc(ccc2O)Oc2ccc(cc2)C[C@@H](C(=O)NCCn2nc(-c3ccccc3)ccc2=O)NC(=O)[C@H](C)NC1=O. The summed E-state index contributed by atoms with van der Waals surface area (Å²) in [4.78, 5) is 65.8. The van der Waals surface area contributed by atoms with Gasteiger partial charge in [0.25, 0.3) is 11.5 Å². The van der Waals surface area contributed by atoms with Gasteiger partial charge in [0.15, 0.2) is 0 Å². The Morgan fingerprint density at radius 1 is 0.918 bits per heavy atom. The van der Waals surface area contributed by atoms with E-state index in [4.69, 9.17) is 4.74 Å². The second-order valence-electron chi connectivity index (χ2n) is 12.1. The molecule has 3 aromatic carbocycles. The molecular formula is C36H38N6O7. The fourth-order valence-corrected chi connectivity index (χ4v) is 5.23. The number of amides is 4. The number of phenols is 1. The standard InChI is InChI=1S/C36H38N6O7/c1-21(2)32-36(48)38-22(3)33(45)39-29(35(47)37-17-18-42-31(44)16-14-28(41-42)24-7-5-4-6-8-24)19-23-9-11-25(12-10-23)49-26-13-15-30(43)27(20-26)34(46)40-32/h4-16,20-22,29,32,43H,17-19H2,1-3H3,(H,37,47)(H,38,48)(H,39,45)(H,40,46)/t22-,29-,32-/m0/s1. The molecule has 6 rings (SSSR count). The Morgan fingerprint density at radius 3 is 2.35 bits per heavy atom. The first-order valence-electron chi connectivity index (χ1n) is 15.9. The van der Waals surface area contributed by atoms with Crippen LogP contribution in [0.15, 0.2) is 89.7 Å². The van der Waals surface area contributed by atoms with Crippen LogP contribution in [-0.4, -0.2) is 63.2 Å². The van der Waals surface area contributed by atoms with E-state index in [0.29, 0.717) is 17.0 Å². The predicted octanol–water partition coefficient (Wildman–Crippen LogP) is 2.52. The number of benzene rings is 3. The van der Waals surface area contributed by atoms with Crippen molar-refractivity contribution in [2.45, 2.75) is 51.9 Å². The summed E-state index contributed by atoms with van der Waals surface area (Å²) >= 11 is 0. The number of rotatable bonds is 6. The zero-order chi connectivity index (χ0) is 35.1. The molecule has 0 saturated carbocycles. The van der Waals surface area contributed by atoms with Gasteiger partial charge in [-0.05, 0) is 54.8 Å². The molecule has 13 heteroatoms. The molecule has 0 fully saturated rings. The molecule has 0 saturated heterocycles. The third kappa shape index (κ3) is 8.69. The number of fused-ring (bicyclic) bond motifs is 11. The van der Waals surface area contributed by atoms with Gasteiger partial charge in [0.05, 0.1) is 17.8 Å². The number of phenolic OH excluding ortho intramolecular Hbond substituents is 1. The molecule has 0 radical (unpaired) electrons. The average molecular weight is 667 g/mol. The van der Waals surface area contributed by atoms with Crippen molar-refractivity contribution in [2.24, 2.45) is 5.92 Å². The zero-order valence-electron chi connectivity index (χ0n) is 27.3. The van der Waals surface area contributed by atoms with Gasteiger partial charge in [0.2, 0.25) is 17.7 Å². The molecule has 2 aliphatic heterocycles. The molecule has 5 N–H and O–H groups in total. The van der Waals surface area contributed by atoms with Crippen LogP contribution in [0.25, 0.3) is 11.3 Å². The number of nitrogens with zero attached hydrogens (tertiary/aromatic N) is 2. The lowest BCUT2D eigenvalue weighted by molar-refractivity contribution is -0.132. The second-order valence-corrected chi connectivity index (χ2v) is 12.1. The second kappa shape index (κ2) is 15.3. The van der Waals surface area contributed by atoms with Crippen molar-refractivity contribution < 1.29 is 29.0 Å². The summed E-state index contributed by atoms with van der Waals surface area (Å²) in [6.45, 7) is 5.07. The molecule has 13 nitrogen and oxygen atoms in total. The van der Waals surface area contributed by atoms with E-state index in [9.17, 15) is 29.1 Å². The predicted molar refractivity (Wildman–Crippen MR) is 181 cm³/mol. The summed E-state index contributed by atoms with van der Waals surface area (Å²) in [5.41, 5.74) is 1.73. The molecule has 1 aromatic heterocycles. The Labute approximate surface area is 282 Å². The van der Waals surface area contributed by atoms with Gasteiger partial charge in [-0.15, -0.1) is 0 Å². The normalized spacial score (nSPS) is 18.4. The van der Waals surface area contributed by atoms with Crippen LogP contribution >= 0.6 is 0 Å². The molecule has 254 valence electrons. The maximum atomic E-state index is 13.5. The minimum Gasteiger partial charge on any atom is -0.507 e. The van der Waals surface area contributed by atoms with Crippen LogP contribution in [0.5, 0.6) is 17.2 Å². The van der Waals surface area contributed by atoms with E-state index in [1.165, 1.54) is 35.9 Å². The van der Waals surface area contributed by atoms with Gasteiger partial charge < -0.3 is 31.1 Å². The van der Waals surface area contributed by atoms with Crippen molar-refractivity contribution in [3.05, 3.63) is 106 Å². The highest BCUT2D eigenvalue weighted by Crippen LogP contribution is 2.28. The monoisotopic (exact) mass is 666 g/mol. The number of hydrogen-bond donors (Lipinski definition) is 5. The average Bonchev–Trinajstić information content (AvgIpc) is 3.08. The Kier molecular flexibility index (Phi) is 10.7. The van der Waals surface area contributed by atoms with Crippen LogP contribution < -0.4 is 31.6 Å². The molecule has 0 spiro atoms. The molecule has 3 atom stereocenters. The van der Waals surface area contributed by atoms with E-state index in [1.807, 2.05) is 30.3 Å². The highest BCUT2D eigenvalue weighted by atomic mass is 16.5. The van der Waals surface area contributed by atoms with Gasteiger partial charge in [0.1, 0.15) is 35.4 Å². The van der Waals surface area contributed by atoms with Crippen molar-refractivity contribution in [2.75, 3.05) is 6.54 Å². The summed E-state index contributed by atoms with van der Waals surface area (Å²) in [5.74, 6) is -2.41. The molecule has 2 aliphatic rings. The molecular weight excluding hydrogens is 628 g/mol. The molecule has 49 heavy (non-hydrogen) atoms. The van der Waals surface area contributed by atoms with Crippen molar-refractivity contribution >= 4 is 23.6 Å². The Balaban J connectivity index is 1.36. The lowest BCUT2D eigenvalue weighted by Crippen LogP contribution is -2.57. The van der Waals surface area contributed by atoms with Gasteiger partial charge in [0, 0.05) is 24.6 Å². The van der Waals surface area contributed by atoms with Crippen LogP contribution in [0, 0.1) is 5.92 Å². The number of carbonyl (C=O) groups is 4. The third-order valence-corrected chi connectivity index (χ3v) is 7.99. The first-order chi connectivity index (χ1) is 23.5. The van der Waals surface area contributed by atoms with E-state index in [-0.39, 0.29) is 48.0 Å². The Bertz CT molecular complexity index is 1890. The molecule has 4 aromatic rings. The van der Waals surface area contributed by atoms with Crippen LogP contribution in [0.3, 0.4) is 0 Å². The summed E-state index contributed by atoms with van der Waals surface area (Å²) in [5, 5.41) is 25.6. The summed E-state index contributed by atoms with van der Waals surface area (Å²) in [6, 6.07) is 20.3. The third-order valence-electron chi connectivity index (χ3n) is 7.99.